The Hall–Kier alpha value is -3.65. The Kier molecular flexibility index (Phi) is 8.21. The van der Waals surface area contributed by atoms with Crippen LogP contribution >= 0.6 is 11.8 Å². The van der Waals surface area contributed by atoms with Crippen LogP contribution < -0.4 is 10.6 Å². The highest BCUT2D eigenvalue weighted by molar-refractivity contribution is 8.00. The average Bonchev–Trinajstić information content (AvgIpc) is 2.80. The van der Waals surface area contributed by atoms with Gasteiger partial charge in [0.1, 0.15) is 5.82 Å². The second-order valence-corrected chi connectivity index (χ2v) is 8.26. The van der Waals surface area contributed by atoms with Gasteiger partial charge in [0, 0.05) is 16.3 Å². The standard InChI is InChI=1S/C25H23FN2O4S/c1-16-7-11-19(12-8-16)27-23(29)15-33-22-6-4-3-5-21(22)25(31)32-17(2)24(30)28-20-13-9-18(26)10-14-20/h3-14,17H,15H2,1-2H3,(H,27,29)(H,28,30)/t17-/m1/s1. The third-order valence-electron chi connectivity index (χ3n) is 4.57. The van der Waals surface area contributed by atoms with Crippen LogP contribution in [0.25, 0.3) is 0 Å². The molecule has 0 saturated carbocycles. The number of nitrogens with one attached hydrogen (secondary N) is 2. The monoisotopic (exact) mass is 466 g/mol. The Morgan fingerprint density at radius 3 is 2.21 bits per heavy atom. The summed E-state index contributed by atoms with van der Waals surface area (Å²) in [6, 6.07) is 19.4. The first kappa shape index (κ1) is 24.0. The van der Waals surface area contributed by atoms with E-state index in [-0.39, 0.29) is 17.2 Å². The summed E-state index contributed by atoms with van der Waals surface area (Å²) in [6.45, 7) is 3.41. The smallest absolute Gasteiger partial charge is 0.340 e. The summed E-state index contributed by atoms with van der Waals surface area (Å²) in [5.74, 6) is -1.76. The largest absolute Gasteiger partial charge is 0.449 e. The van der Waals surface area contributed by atoms with Crippen molar-refractivity contribution in [3.8, 4) is 0 Å². The number of anilines is 2. The number of hydrogen-bond donors (Lipinski definition) is 2. The molecule has 0 aliphatic carbocycles. The van der Waals surface area contributed by atoms with Gasteiger partial charge in [-0.1, -0.05) is 29.8 Å². The molecule has 0 aliphatic rings. The lowest BCUT2D eigenvalue weighted by Gasteiger charge is -2.15. The van der Waals surface area contributed by atoms with Gasteiger partial charge in [0.05, 0.1) is 11.3 Å². The molecular weight excluding hydrogens is 443 g/mol. The van der Waals surface area contributed by atoms with Crippen LogP contribution in [0.3, 0.4) is 0 Å². The summed E-state index contributed by atoms with van der Waals surface area (Å²) in [7, 11) is 0. The molecule has 1 atom stereocenters. The summed E-state index contributed by atoms with van der Waals surface area (Å²) < 4.78 is 18.3. The summed E-state index contributed by atoms with van der Waals surface area (Å²) in [5.41, 5.74) is 2.43. The molecule has 2 amide bonds. The number of ether oxygens (including phenoxy) is 1. The van der Waals surface area contributed by atoms with Gasteiger partial charge in [-0.2, -0.15) is 0 Å². The molecule has 170 valence electrons. The zero-order valence-electron chi connectivity index (χ0n) is 18.1. The maximum absolute atomic E-state index is 13.0. The maximum atomic E-state index is 13.0. The summed E-state index contributed by atoms with van der Waals surface area (Å²) in [6.07, 6.45) is -1.08. The lowest BCUT2D eigenvalue weighted by Crippen LogP contribution is -2.30. The molecule has 33 heavy (non-hydrogen) atoms. The third-order valence-corrected chi connectivity index (χ3v) is 5.64. The number of carbonyl (C=O) groups is 3. The van der Waals surface area contributed by atoms with E-state index in [0.29, 0.717) is 16.3 Å². The first-order valence-corrected chi connectivity index (χ1v) is 11.2. The molecular formula is C25H23FN2O4S. The van der Waals surface area contributed by atoms with Crippen LogP contribution in [-0.4, -0.2) is 29.6 Å². The lowest BCUT2D eigenvalue weighted by molar-refractivity contribution is -0.123. The van der Waals surface area contributed by atoms with E-state index in [1.54, 1.807) is 24.3 Å². The molecule has 0 fully saturated rings. The molecule has 3 aromatic rings. The molecule has 0 aliphatic heterocycles. The Balaban J connectivity index is 1.57. The van der Waals surface area contributed by atoms with Crippen LogP contribution in [0.2, 0.25) is 0 Å². The number of benzene rings is 3. The normalized spacial score (nSPS) is 11.4. The SMILES string of the molecule is Cc1ccc(NC(=O)CSc2ccccc2C(=O)O[C@H](C)C(=O)Nc2ccc(F)cc2)cc1. The third kappa shape index (κ3) is 7.18. The van der Waals surface area contributed by atoms with E-state index >= 15 is 0 Å². The van der Waals surface area contributed by atoms with Crippen molar-refractivity contribution < 1.29 is 23.5 Å². The van der Waals surface area contributed by atoms with Crippen LogP contribution in [-0.2, 0) is 14.3 Å². The van der Waals surface area contributed by atoms with Crippen LogP contribution in [0, 0.1) is 12.7 Å². The minimum Gasteiger partial charge on any atom is -0.449 e. The Labute approximate surface area is 195 Å². The van der Waals surface area contributed by atoms with Gasteiger partial charge in [-0.3, -0.25) is 9.59 Å². The van der Waals surface area contributed by atoms with Crippen LogP contribution in [0.1, 0.15) is 22.8 Å². The minimum atomic E-state index is -1.08. The second kappa shape index (κ2) is 11.3. The van der Waals surface area contributed by atoms with Gasteiger partial charge in [0.2, 0.25) is 5.91 Å². The topological polar surface area (TPSA) is 84.5 Å². The van der Waals surface area contributed by atoms with E-state index in [0.717, 1.165) is 5.56 Å². The van der Waals surface area contributed by atoms with E-state index in [2.05, 4.69) is 10.6 Å². The van der Waals surface area contributed by atoms with Crippen molar-refractivity contribution in [1.82, 2.24) is 0 Å². The molecule has 3 aromatic carbocycles. The number of rotatable bonds is 8. The van der Waals surface area contributed by atoms with E-state index < -0.39 is 23.8 Å². The van der Waals surface area contributed by atoms with Crippen molar-refractivity contribution >= 4 is 40.9 Å². The summed E-state index contributed by atoms with van der Waals surface area (Å²) in [4.78, 5) is 37.8. The summed E-state index contributed by atoms with van der Waals surface area (Å²) >= 11 is 1.20. The molecule has 0 unspecified atom stereocenters. The minimum absolute atomic E-state index is 0.0960. The fourth-order valence-corrected chi connectivity index (χ4v) is 3.63. The molecule has 0 aromatic heterocycles. The predicted molar refractivity (Wildman–Crippen MR) is 127 cm³/mol. The van der Waals surface area contributed by atoms with Crippen LogP contribution in [0.5, 0.6) is 0 Å². The Morgan fingerprint density at radius 1 is 0.909 bits per heavy atom. The quantitative estimate of drug-likeness (QED) is 0.359. The zero-order valence-corrected chi connectivity index (χ0v) is 18.9. The van der Waals surface area contributed by atoms with Crippen molar-refractivity contribution in [2.45, 2.75) is 24.8 Å². The highest BCUT2D eigenvalue weighted by atomic mass is 32.2. The van der Waals surface area contributed by atoms with Gasteiger partial charge >= 0.3 is 5.97 Å². The van der Waals surface area contributed by atoms with Gasteiger partial charge in [-0.15, -0.1) is 11.8 Å². The van der Waals surface area contributed by atoms with Crippen molar-refractivity contribution in [1.29, 1.82) is 0 Å². The predicted octanol–water partition coefficient (Wildman–Crippen LogP) is 5.05. The molecule has 0 spiro atoms. The Morgan fingerprint density at radius 2 is 1.52 bits per heavy atom. The van der Waals surface area contributed by atoms with E-state index in [9.17, 15) is 18.8 Å². The summed E-state index contributed by atoms with van der Waals surface area (Å²) in [5, 5.41) is 5.38. The second-order valence-electron chi connectivity index (χ2n) is 7.24. The number of esters is 1. The highest BCUT2D eigenvalue weighted by Crippen LogP contribution is 2.24. The number of thioether (sulfide) groups is 1. The van der Waals surface area contributed by atoms with Gasteiger partial charge in [-0.25, -0.2) is 9.18 Å². The molecule has 0 bridgehead atoms. The van der Waals surface area contributed by atoms with Crippen LogP contribution in [0.4, 0.5) is 15.8 Å². The van der Waals surface area contributed by atoms with Gasteiger partial charge in [0.25, 0.3) is 5.91 Å². The number of amides is 2. The maximum Gasteiger partial charge on any atom is 0.340 e. The van der Waals surface area contributed by atoms with Crippen molar-refractivity contribution in [3.63, 3.8) is 0 Å². The first-order valence-electron chi connectivity index (χ1n) is 10.2. The lowest BCUT2D eigenvalue weighted by atomic mass is 10.2. The fourth-order valence-electron chi connectivity index (χ4n) is 2.79. The van der Waals surface area contributed by atoms with E-state index in [4.69, 9.17) is 4.74 Å². The van der Waals surface area contributed by atoms with Gasteiger partial charge in [0.15, 0.2) is 6.10 Å². The molecule has 0 heterocycles. The Bertz CT molecular complexity index is 1130. The number of aryl methyl sites for hydroxylation is 1. The van der Waals surface area contributed by atoms with E-state index in [1.807, 2.05) is 31.2 Å². The molecule has 0 saturated heterocycles. The molecule has 0 radical (unpaired) electrons. The van der Waals surface area contributed by atoms with Crippen molar-refractivity contribution in [2.75, 3.05) is 16.4 Å². The van der Waals surface area contributed by atoms with Crippen LogP contribution in [0.15, 0.2) is 77.7 Å². The van der Waals surface area contributed by atoms with Gasteiger partial charge < -0.3 is 15.4 Å². The molecule has 2 N–H and O–H groups in total. The van der Waals surface area contributed by atoms with Gasteiger partial charge in [-0.05, 0) is 62.4 Å². The molecule has 8 heteroatoms. The van der Waals surface area contributed by atoms with E-state index in [1.165, 1.54) is 43.0 Å². The number of carbonyl (C=O) groups excluding carboxylic acids is 3. The molecule has 3 rings (SSSR count). The highest BCUT2D eigenvalue weighted by Gasteiger charge is 2.21. The average molecular weight is 467 g/mol. The first-order chi connectivity index (χ1) is 15.8. The number of hydrogen-bond acceptors (Lipinski definition) is 5. The number of halogens is 1. The van der Waals surface area contributed by atoms with Crippen molar-refractivity contribution in [2.24, 2.45) is 0 Å². The van der Waals surface area contributed by atoms with Crippen molar-refractivity contribution in [3.05, 3.63) is 89.7 Å². The zero-order chi connectivity index (χ0) is 23.8. The molecule has 6 nitrogen and oxygen atoms in total. The fraction of sp³-hybridized carbons (Fsp3) is 0.160.